The standard InChI is InChI=1S/C27H28F3N3O3S2/c1-31-38(35,18-15-13-17(14-16-18)36-27(28,29)30)33-22-10-6-9-21(26(22)34)32-25-19-7-2-4-11-23(19)37-24-12-5-3-8-20(24)25/h2-5,7-8,11-16,21-22,25-26,32,34H,6,9-10H2,1H3,(H,31,33,35). The zero-order chi connectivity index (χ0) is 26.9. The number of nitrogens with zero attached hydrogens (tertiary/aromatic N) is 1. The highest BCUT2D eigenvalue weighted by Gasteiger charge is 2.37. The summed E-state index contributed by atoms with van der Waals surface area (Å²) < 4.78 is 62.3. The molecule has 0 radical (unpaired) electrons. The molecule has 1 heterocycles. The quantitative estimate of drug-likeness (QED) is 0.360. The van der Waals surface area contributed by atoms with E-state index in [2.05, 4.69) is 43.4 Å². The molecule has 0 bridgehead atoms. The van der Waals surface area contributed by atoms with E-state index in [0.717, 1.165) is 45.9 Å². The van der Waals surface area contributed by atoms with Gasteiger partial charge in [0.15, 0.2) is 0 Å². The van der Waals surface area contributed by atoms with Gasteiger partial charge in [-0.15, -0.1) is 13.2 Å². The monoisotopic (exact) mass is 563 g/mol. The lowest BCUT2D eigenvalue weighted by Gasteiger charge is -2.39. The van der Waals surface area contributed by atoms with E-state index in [1.807, 2.05) is 24.3 Å². The van der Waals surface area contributed by atoms with Crippen LogP contribution in [0.15, 0.2) is 91.8 Å². The minimum atomic E-state index is -4.82. The van der Waals surface area contributed by atoms with Crippen LogP contribution in [0.4, 0.5) is 13.2 Å². The van der Waals surface area contributed by atoms with Crippen LogP contribution < -0.4 is 14.8 Å². The van der Waals surface area contributed by atoms with Gasteiger partial charge in [-0.3, -0.25) is 0 Å². The molecule has 1 saturated carbocycles. The Morgan fingerprint density at radius 1 is 0.947 bits per heavy atom. The summed E-state index contributed by atoms with van der Waals surface area (Å²) >= 11 is 1.73. The highest BCUT2D eigenvalue weighted by atomic mass is 32.2. The number of halogens is 3. The number of aliphatic hydroxyl groups is 1. The molecule has 6 nitrogen and oxygen atoms in total. The highest BCUT2D eigenvalue weighted by molar-refractivity contribution is 7.99. The molecule has 4 atom stereocenters. The maximum absolute atomic E-state index is 13.7. The van der Waals surface area contributed by atoms with Gasteiger partial charge in [-0.05, 0) is 60.4 Å². The molecular weight excluding hydrogens is 535 g/mol. The SMILES string of the molecule is CN=S(=O)(NC1CCCC(NC2c3ccccc3Sc3ccccc32)C1O)c1ccc(OC(F)(F)F)cc1. The molecule has 2 aliphatic rings. The van der Waals surface area contributed by atoms with Gasteiger partial charge in [0.1, 0.15) is 15.7 Å². The van der Waals surface area contributed by atoms with Crippen molar-refractivity contribution in [1.82, 2.24) is 10.0 Å². The Balaban J connectivity index is 1.35. The van der Waals surface area contributed by atoms with E-state index in [1.165, 1.54) is 19.2 Å². The largest absolute Gasteiger partial charge is 0.573 e. The Bertz CT molecular complexity index is 1360. The molecule has 5 rings (SSSR count). The van der Waals surface area contributed by atoms with Crippen molar-refractivity contribution < 1.29 is 27.2 Å². The van der Waals surface area contributed by atoms with E-state index in [0.29, 0.717) is 6.42 Å². The third-order valence-electron chi connectivity index (χ3n) is 6.86. The molecule has 4 unspecified atom stereocenters. The average molecular weight is 564 g/mol. The third kappa shape index (κ3) is 5.72. The number of alkyl halides is 3. The molecular formula is C27H28F3N3O3S2. The van der Waals surface area contributed by atoms with Crippen molar-refractivity contribution in [2.24, 2.45) is 4.36 Å². The van der Waals surface area contributed by atoms with Gasteiger partial charge < -0.3 is 15.2 Å². The summed E-state index contributed by atoms with van der Waals surface area (Å²) in [4.78, 5) is 2.54. The fourth-order valence-electron chi connectivity index (χ4n) is 5.05. The van der Waals surface area contributed by atoms with Crippen molar-refractivity contribution >= 4 is 21.7 Å². The fraction of sp³-hybridized carbons (Fsp3) is 0.333. The molecule has 11 heteroatoms. The maximum atomic E-state index is 13.7. The van der Waals surface area contributed by atoms with E-state index in [4.69, 9.17) is 0 Å². The summed E-state index contributed by atoms with van der Waals surface area (Å²) in [5.41, 5.74) is 2.29. The Hall–Kier alpha value is -2.57. The van der Waals surface area contributed by atoms with Crippen LogP contribution in [-0.2, 0) is 9.92 Å². The van der Waals surface area contributed by atoms with Crippen LogP contribution in [0, 0.1) is 0 Å². The van der Waals surface area contributed by atoms with Gasteiger partial charge >= 0.3 is 6.36 Å². The molecule has 3 aromatic rings. The summed E-state index contributed by atoms with van der Waals surface area (Å²) in [6.45, 7) is 0. The van der Waals surface area contributed by atoms with Gasteiger partial charge in [-0.2, -0.15) is 0 Å². The van der Waals surface area contributed by atoms with Crippen molar-refractivity contribution in [2.75, 3.05) is 7.05 Å². The van der Waals surface area contributed by atoms with E-state index >= 15 is 0 Å². The minimum Gasteiger partial charge on any atom is -0.406 e. The summed E-state index contributed by atoms with van der Waals surface area (Å²) in [6, 6.07) is 20.3. The maximum Gasteiger partial charge on any atom is 0.573 e. The second kappa shape index (κ2) is 10.9. The zero-order valence-electron chi connectivity index (χ0n) is 20.5. The molecule has 202 valence electrons. The average Bonchev–Trinajstić information content (AvgIpc) is 2.90. The molecule has 1 aliphatic carbocycles. The van der Waals surface area contributed by atoms with E-state index in [1.54, 1.807) is 11.8 Å². The van der Waals surface area contributed by atoms with Crippen molar-refractivity contribution in [3.05, 3.63) is 83.9 Å². The number of hydrogen-bond acceptors (Lipinski definition) is 6. The number of nitrogens with one attached hydrogen (secondary N) is 2. The molecule has 3 aromatic carbocycles. The zero-order valence-corrected chi connectivity index (χ0v) is 22.2. The summed E-state index contributed by atoms with van der Waals surface area (Å²) in [6.07, 6.45) is -3.58. The molecule has 0 spiro atoms. The molecule has 3 N–H and O–H groups in total. The predicted octanol–water partition coefficient (Wildman–Crippen LogP) is 5.67. The van der Waals surface area contributed by atoms with E-state index in [9.17, 15) is 22.5 Å². The number of fused-ring (bicyclic) bond motifs is 2. The first-order valence-corrected chi connectivity index (χ1v) is 14.6. The summed E-state index contributed by atoms with van der Waals surface area (Å²) in [5, 5.41) is 15.1. The van der Waals surface area contributed by atoms with Crippen molar-refractivity contribution in [3.8, 4) is 5.75 Å². The predicted molar refractivity (Wildman–Crippen MR) is 140 cm³/mol. The van der Waals surface area contributed by atoms with Gasteiger partial charge in [-0.25, -0.2) is 13.3 Å². The van der Waals surface area contributed by atoms with Crippen LogP contribution in [0.3, 0.4) is 0 Å². The van der Waals surface area contributed by atoms with Crippen LogP contribution in [-0.4, -0.2) is 40.9 Å². The van der Waals surface area contributed by atoms with Crippen molar-refractivity contribution in [3.63, 3.8) is 0 Å². The smallest absolute Gasteiger partial charge is 0.406 e. The topological polar surface area (TPSA) is 83.0 Å². The van der Waals surface area contributed by atoms with Gasteiger partial charge in [0, 0.05) is 28.9 Å². The van der Waals surface area contributed by atoms with Gasteiger partial charge in [0.25, 0.3) is 0 Å². The first kappa shape index (κ1) is 27.0. The second-order valence-corrected chi connectivity index (χ2v) is 12.5. The third-order valence-corrected chi connectivity index (χ3v) is 10.1. The highest BCUT2D eigenvalue weighted by Crippen LogP contribution is 2.45. The number of ether oxygens (including phenoxy) is 1. The lowest BCUT2D eigenvalue weighted by molar-refractivity contribution is -0.274. The second-order valence-electron chi connectivity index (χ2n) is 9.26. The van der Waals surface area contributed by atoms with Gasteiger partial charge in [0.05, 0.1) is 17.0 Å². The summed E-state index contributed by atoms with van der Waals surface area (Å²) in [7, 11) is -1.82. The molecule has 1 fully saturated rings. The molecule has 38 heavy (non-hydrogen) atoms. The normalized spacial score (nSPS) is 23.1. The molecule has 1 aliphatic heterocycles. The number of benzene rings is 3. The van der Waals surface area contributed by atoms with Gasteiger partial charge in [0.2, 0.25) is 0 Å². The Labute approximate surface area is 224 Å². The number of hydrogen-bond donors (Lipinski definition) is 3. The lowest BCUT2D eigenvalue weighted by atomic mass is 9.87. The molecule has 0 aromatic heterocycles. The minimum absolute atomic E-state index is 0.108. The van der Waals surface area contributed by atoms with Crippen molar-refractivity contribution in [2.45, 2.75) is 64.5 Å². The van der Waals surface area contributed by atoms with Crippen LogP contribution in [0.1, 0.15) is 36.4 Å². The lowest BCUT2D eigenvalue weighted by Crippen LogP contribution is -2.56. The van der Waals surface area contributed by atoms with Crippen LogP contribution in [0.25, 0.3) is 0 Å². The first-order chi connectivity index (χ1) is 18.2. The van der Waals surface area contributed by atoms with Crippen LogP contribution in [0.5, 0.6) is 5.75 Å². The molecule has 0 amide bonds. The molecule has 0 saturated heterocycles. The van der Waals surface area contributed by atoms with Crippen LogP contribution in [0.2, 0.25) is 0 Å². The Morgan fingerprint density at radius 3 is 2.11 bits per heavy atom. The summed E-state index contributed by atoms with van der Waals surface area (Å²) in [5.74, 6) is -0.410. The Morgan fingerprint density at radius 2 is 1.53 bits per heavy atom. The van der Waals surface area contributed by atoms with Crippen molar-refractivity contribution in [1.29, 1.82) is 0 Å². The number of aliphatic hydroxyl groups excluding tert-OH is 1. The van der Waals surface area contributed by atoms with E-state index in [-0.39, 0.29) is 17.0 Å². The Kier molecular flexibility index (Phi) is 7.74. The first-order valence-electron chi connectivity index (χ1n) is 12.2. The van der Waals surface area contributed by atoms with Crippen LogP contribution >= 0.6 is 11.8 Å². The number of rotatable bonds is 6. The fourth-order valence-corrected chi connectivity index (χ4v) is 7.81. The van der Waals surface area contributed by atoms with E-state index < -0.39 is 34.2 Å². The van der Waals surface area contributed by atoms with Gasteiger partial charge in [-0.1, -0.05) is 54.6 Å².